The van der Waals surface area contributed by atoms with Gasteiger partial charge in [0.25, 0.3) is 5.91 Å². The van der Waals surface area contributed by atoms with E-state index in [2.05, 4.69) is 11.2 Å². The molecule has 2 rings (SSSR count). The van der Waals surface area contributed by atoms with Gasteiger partial charge in [-0.1, -0.05) is 36.3 Å². The summed E-state index contributed by atoms with van der Waals surface area (Å²) in [5.74, 6) is 2.47. The molecule has 0 aliphatic rings. The highest BCUT2D eigenvalue weighted by Crippen LogP contribution is 2.30. The number of benzene rings is 2. The smallest absolute Gasteiger partial charge is 0.262 e. The van der Waals surface area contributed by atoms with Crippen LogP contribution in [0.25, 0.3) is 16.8 Å². The molecule has 25 heavy (non-hydrogen) atoms. The Labute approximate surface area is 146 Å². The van der Waals surface area contributed by atoms with Gasteiger partial charge in [0.1, 0.15) is 24.0 Å². The van der Waals surface area contributed by atoms with Crippen LogP contribution in [0.3, 0.4) is 0 Å². The van der Waals surface area contributed by atoms with Crippen LogP contribution in [0.5, 0.6) is 5.75 Å². The van der Waals surface area contributed by atoms with E-state index < -0.39 is 5.91 Å². The Morgan fingerprint density at radius 2 is 2.12 bits per heavy atom. The summed E-state index contributed by atoms with van der Waals surface area (Å²) in [5, 5.41) is 13.8. The molecule has 0 atom stereocenters. The SMILES string of the molecule is C#CCOc1ccc2ccccc2c1/C=C(\C#N)C(=O)NCCOC. The average molecular weight is 334 g/mol. The second-order valence-corrected chi connectivity index (χ2v) is 5.11. The summed E-state index contributed by atoms with van der Waals surface area (Å²) in [5.41, 5.74) is 0.629. The summed E-state index contributed by atoms with van der Waals surface area (Å²) < 4.78 is 10.5. The molecule has 0 aliphatic heterocycles. The van der Waals surface area contributed by atoms with Crippen LogP contribution in [0.1, 0.15) is 5.56 Å². The molecular formula is C20H18N2O3. The number of hydrogen-bond acceptors (Lipinski definition) is 4. The highest BCUT2D eigenvalue weighted by Gasteiger charge is 2.13. The Balaban J connectivity index is 2.47. The highest BCUT2D eigenvalue weighted by molar-refractivity contribution is 6.04. The fourth-order valence-electron chi connectivity index (χ4n) is 2.32. The van der Waals surface area contributed by atoms with Crippen molar-refractivity contribution < 1.29 is 14.3 Å². The third-order valence-corrected chi connectivity index (χ3v) is 3.49. The number of nitrogens with one attached hydrogen (secondary N) is 1. The Hall–Kier alpha value is -3.28. The standard InChI is InChI=1S/C20H18N2O3/c1-3-11-25-19-9-8-15-6-4-5-7-17(15)18(19)13-16(14-21)20(23)22-10-12-24-2/h1,4-9,13H,10-12H2,2H3,(H,22,23)/b16-13+. The van der Waals surface area contributed by atoms with E-state index in [0.29, 0.717) is 24.5 Å². The van der Waals surface area contributed by atoms with Crippen LogP contribution in [0, 0.1) is 23.7 Å². The number of nitrogens with zero attached hydrogens (tertiary/aromatic N) is 1. The number of nitriles is 1. The van der Waals surface area contributed by atoms with E-state index in [1.165, 1.54) is 6.08 Å². The fourth-order valence-corrected chi connectivity index (χ4v) is 2.32. The van der Waals surface area contributed by atoms with Crippen LogP contribution in [-0.4, -0.2) is 32.8 Å². The van der Waals surface area contributed by atoms with Crippen LogP contribution < -0.4 is 10.1 Å². The van der Waals surface area contributed by atoms with Gasteiger partial charge >= 0.3 is 0 Å². The van der Waals surface area contributed by atoms with E-state index in [0.717, 1.165) is 10.8 Å². The third kappa shape index (κ3) is 4.60. The van der Waals surface area contributed by atoms with Crippen LogP contribution in [0.4, 0.5) is 0 Å². The van der Waals surface area contributed by atoms with Crippen LogP contribution in [0.15, 0.2) is 42.0 Å². The number of terminal acetylenes is 1. The van der Waals surface area contributed by atoms with Gasteiger partial charge in [-0.25, -0.2) is 0 Å². The lowest BCUT2D eigenvalue weighted by molar-refractivity contribution is -0.117. The van der Waals surface area contributed by atoms with Crippen molar-refractivity contribution in [3.05, 3.63) is 47.5 Å². The van der Waals surface area contributed by atoms with E-state index >= 15 is 0 Å². The number of fused-ring (bicyclic) bond motifs is 1. The predicted molar refractivity (Wildman–Crippen MR) is 96.8 cm³/mol. The molecule has 5 nitrogen and oxygen atoms in total. The average Bonchev–Trinajstić information content (AvgIpc) is 2.64. The molecule has 1 N–H and O–H groups in total. The first-order valence-corrected chi connectivity index (χ1v) is 7.68. The first-order chi connectivity index (χ1) is 12.2. The van der Waals surface area contributed by atoms with Gasteiger partial charge in [0, 0.05) is 19.2 Å². The second-order valence-electron chi connectivity index (χ2n) is 5.11. The summed E-state index contributed by atoms with van der Waals surface area (Å²) in [4.78, 5) is 12.2. The van der Waals surface area contributed by atoms with Gasteiger partial charge < -0.3 is 14.8 Å². The molecule has 0 bridgehead atoms. The molecule has 0 fully saturated rings. The lowest BCUT2D eigenvalue weighted by Gasteiger charge is -2.11. The van der Waals surface area contributed by atoms with Gasteiger partial charge in [0.05, 0.1) is 6.61 Å². The van der Waals surface area contributed by atoms with Gasteiger partial charge in [0.2, 0.25) is 0 Å². The normalized spacial score (nSPS) is 10.8. The van der Waals surface area contributed by atoms with Crippen molar-refractivity contribution in [2.75, 3.05) is 26.9 Å². The number of methoxy groups -OCH3 is 1. The minimum atomic E-state index is -0.463. The summed E-state index contributed by atoms with van der Waals surface area (Å²) in [7, 11) is 1.54. The van der Waals surface area contributed by atoms with Crippen LogP contribution in [-0.2, 0) is 9.53 Å². The summed E-state index contributed by atoms with van der Waals surface area (Å²) in [6.45, 7) is 0.792. The van der Waals surface area contributed by atoms with Crippen molar-refractivity contribution >= 4 is 22.8 Å². The number of ether oxygens (including phenoxy) is 2. The summed E-state index contributed by atoms with van der Waals surface area (Å²) >= 11 is 0. The zero-order valence-corrected chi connectivity index (χ0v) is 13.9. The minimum Gasteiger partial charge on any atom is -0.480 e. The molecule has 0 saturated heterocycles. The van der Waals surface area contributed by atoms with Crippen molar-refractivity contribution in [2.45, 2.75) is 0 Å². The Kier molecular flexibility index (Phi) is 6.59. The zero-order chi connectivity index (χ0) is 18.1. The van der Waals surface area contributed by atoms with E-state index in [-0.39, 0.29) is 12.2 Å². The highest BCUT2D eigenvalue weighted by atomic mass is 16.5. The van der Waals surface area contributed by atoms with E-state index in [1.54, 1.807) is 13.2 Å². The monoisotopic (exact) mass is 334 g/mol. The molecule has 2 aromatic rings. The lowest BCUT2D eigenvalue weighted by atomic mass is 10.0. The third-order valence-electron chi connectivity index (χ3n) is 3.49. The van der Waals surface area contributed by atoms with E-state index in [9.17, 15) is 10.1 Å². The first kappa shape index (κ1) is 18.1. The van der Waals surface area contributed by atoms with Gasteiger partial charge in [-0.3, -0.25) is 4.79 Å². The van der Waals surface area contributed by atoms with Crippen molar-refractivity contribution in [3.63, 3.8) is 0 Å². The van der Waals surface area contributed by atoms with Crippen molar-refractivity contribution in [1.82, 2.24) is 5.32 Å². The summed E-state index contributed by atoms with van der Waals surface area (Å²) in [6.07, 6.45) is 6.79. The Morgan fingerprint density at radius 1 is 1.32 bits per heavy atom. The molecule has 0 aliphatic carbocycles. The predicted octanol–water partition coefficient (Wildman–Crippen LogP) is 2.52. The van der Waals surface area contributed by atoms with Crippen LogP contribution in [0.2, 0.25) is 0 Å². The molecule has 0 aromatic heterocycles. The molecule has 0 unspecified atom stereocenters. The molecule has 0 heterocycles. The number of rotatable bonds is 7. The number of amides is 1. The molecule has 2 aromatic carbocycles. The van der Waals surface area contributed by atoms with Gasteiger partial charge in [-0.15, -0.1) is 6.42 Å². The molecule has 0 spiro atoms. The summed E-state index contributed by atoms with van der Waals surface area (Å²) in [6, 6.07) is 13.3. The van der Waals surface area contributed by atoms with Crippen LogP contribution >= 0.6 is 0 Å². The van der Waals surface area contributed by atoms with E-state index in [4.69, 9.17) is 15.9 Å². The topological polar surface area (TPSA) is 71.3 Å². The lowest BCUT2D eigenvalue weighted by Crippen LogP contribution is -2.27. The minimum absolute atomic E-state index is 0.0157. The largest absolute Gasteiger partial charge is 0.480 e. The van der Waals surface area contributed by atoms with Gasteiger partial charge in [0.15, 0.2) is 0 Å². The quantitative estimate of drug-likeness (QED) is 0.365. The second kappa shape index (κ2) is 9.12. The van der Waals surface area contributed by atoms with Crippen molar-refractivity contribution in [1.29, 1.82) is 5.26 Å². The number of hydrogen-bond donors (Lipinski definition) is 1. The van der Waals surface area contributed by atoms with Gasteiger partial charge in [-0.2, -0.15) is 5.26 Å². The Bertz CT molecular complexity index is 873. The maximum absolute atomic E-state index is 12.2. The van der Waals surface area contributed by atoms with E-state index in [1.807, 2.05) is 36.4 Å². The molecule has 1 amide bonds. The fraction of sp³-hybridized carbons (Fsp3) is 0.200. The van der Waals surface area contributed by atoms with Crippen molar-refractivity contribution in [2.24, 2.45) is 0 Å². The maximum atomic E-state index is 12.2. The molecular weight excluding hydrogens is 316 g/mol. The first-order valence-electron chi connectivity index (χ1n) is 7.68. The number of carbonyl (C=O) groups is 1. The Morgan fingerprint density at radius 3 is 2.84 bits per heavy atom. The molecule has 0 radical (unpaired) electrons. The van der Waals surface area contributed by atoms with Crippen molar-refractivity contribution in [3.8, 4) is 24.2 Å². The maximum Gasteiger partial charge on any atom is 0.262 e. The molecule has 0 saturated carbocycles. The number of carbonyl (C=O) groups excluding carboxylic acids is 1. The molecule has 5 heteroatoms. The van der Waals surface area contributed by atoms with Gasteiger partial charge in [-0.05, 0) is 22.9 Å². The zero-order valence-electron chi connectivity index (χ0n) is 13.9. The molecule has 126 valence electrons.